The highest BCUT2D eigenvalue weighted by Crippen LogP contribution is 2.49. The molecule has 2 saturated carbocycles. The normalized spacial score (nSPS) is 32.1. The molecular formula is C22H26N2O4S. The minimum absolute atomic E-state index is 0.0283. The van der Waals surface area contributed by atoms with Gasteiger partial charge in [-0.3, -0.25) is 14.4 Å². The number of carboxylic acids is 1. The van der Waals surface area contributed by atoms with Gasteiger partial charge in [-0.2, -0.15) is 0 Å². The second-order valence-corrected chi connectivity index (χ2v) is 10.2. The van der Waals surface area contributed by atoms with Crippen molar-refractivity contribution in [2.45, 2.75) is 51.5 Å². The molecule has 0 aliphatic heterocycles. The van der Waals surface area contributed by atoms with Gasteiger partial charge in [0.15, 0.2) is 0 Å². The average Bonchev–Trinajstić information content (AvgIpc) is 3.11. The Labute approximate surface area is 173 Å². The number of anilines is 1. The van der Waals surface area contributed by atoms with Crippen LogP contribution in [0.15, 0.2) is 12.2 Å². The SMILES string of the molecule is C[C@H]1CCc2c(sc(NC(=O)[C@@H]3[C@@H](C(=O)O)[C@H]4C=C[C@H]3C4)c2C(=O)NC2CC2)C1. The number of thiophene rings is 1. The highest BCUT2D eigenvalue weighted by atomic mass is 32.1. The van der Waals surface area contributed by atoms with Crippen LogP contribution in [0.2, 0.25) is 0 Å². The summed E-state index contributed by atoms with van der Waals surface area (Å²) in [5.74, 6) is -2.05. The van der Waals surface area contributed by atoms with Gasteiger partial charge in [0.05, 0.1) is 17.4 Å². The first kappa shape index (κ1) is 18.9. The molecule has 4 aliphatic carbocycles. The van der Waals surface area contributed by atoms with Gasteiger partial charge in [-0.15, -0.1) is 11.3 Å². The standard InChI is InChI=1S/C22H26N2O4S/c1-10-2-7-14-15(8-10)29-21(18(14)20(26)23-13-5-6-13)24-19(25)16-11-3-4-12(9-11)17(16)22(27)28/h3-4,10-13,16-17H,2,5-9H2,1H3,(H,23,26)(H,24,25)(H,27,28)/t10-,11-,12-,16-,17-/m0/s1. The number of allylic oxidation sites excluding steroid dienone is 2. The maximum atomic E-state index is 13.2. The van der Waals surface area contributed by atoms with E-state index in [0.717, 1.165) is 44.1 Å². The lowest BCUT2D eigenvalue weighted by Gasteiger charge is -2.23. The van der Waals surface area contributed by atoms with Gasteiger partial charge in [0, 0.05) is 10.9 Å². The summed E-state index contributed by atoms with van der Waals surface area (Å²) in [4.78, 5) is 39.1. The molecule has 0 unspecified atom stereocenters. The van der Waals surface area contributed by atoms with Crippen molar-refractivity contribution in [3.8, 4) is 0 Å². The van der Waals surface area contributed by atoms with Crippen LogP contribution in [0, 0.1) is 29.6 Å². The van der Waals surface area contributed by atoms with E-state index in [-0.39, 0.29) is 29.7 Å². The molecule has 0 spiro atoms. The lowest BCUT2D eigenvalue weighted by atomic mass is 9.82. The van der Waals surface area contributed by atoms with Gasteiger partial charge in [0.25, 0.3) is 5.91 Å². The van der Waals surface area contributed by atoms with Gasteiger partial charge in [-0.1, -0.05) is 19.1 Å². The van der Waals surface area contributed by atoms with Crippen LogP contribution in [0.4, 0.5) is 5.00 Å². The molecule has 0 aromatic carbocycles. The quantitative estimate of drug-likeness (QED) is 0.645. The van der Waals surface area contributed by atoms with E-state index < -0.39 is 17.8 Å². The highest BCUT2D eigenvalue weighted by molar-refractivity contribution is 7.17. The van der Waals surface area contributed by atoms with Gasteiger partial charge < -0.3 is 15.7 Å². The van der Waals surface area contributed by atoms with Crippen LogP contribution in [0.3, 0.4) is 0 Å². The van der Waals surface area contributed by atoms with Crippen molar-refractivity contribution in [2.24, 2.45) is 29.6 Å². The van der Waals surface area contributed by atoms with E-state index in [9.17, 15) is 19.5 Å². The predicted molar refractivity (Wildman–Crippen MR) is 110 cm³/mol. The Morgan fingerprint density at radius 3 is 2.52 bits per heavy atom. The summed E-state index contributed by atoms with van der Waals surface area (Å²) in [7, 11) is 0. The van der Waals surface area contributed by atoms with Crippen LogP contribution in [0.1, 0.15) is 53.4 Å². The summed E-state index contributed by atoms with van der Waals surface area (Å²) in [6, 6.07) is 0.246. The molecule has 2 bridgehead atoms. The molecule has 0 saturated heterocycles. The molecule has 0 radical (unpaired) electrons. The van der Waals surface area contributed by atoms with E-state index in [1.54, 1.807) is 0 Å². The van der Waals surface area contributed by atoms with E-state index in [4.69, 9.17) is 0 Å². The van der Waals surface area contributed by atoms with E-state index in [1.165, 1.54) is 16.2 Å². The molecule has 29 heavy (non-hydrogen) atoms. The molecule has 4 aliphatic rings. The zero-order chi connectivity index (χ0) is 20.3. The van der Waals surface area contributed by atoms with Crippen LogP contribution in [-0.2, 0) is 22.4 Å². The topological polar surface area (TPSA) is 95.5 Å². The molecule has 1 heterocycles. The van der Waals surface area contributed by atoms with Crippen LogP contribution in [0.5, 0.6) is 0 Å². The van der Waals surface area contributed by atoms with Crippen molar-refractivity contribution >= 4 is 34.1 Å². The molecule has 1 aromatic rings. The smallest absolute Gasteiger partial charge is 0.307 e. The van der Waals surface area contributed by atoms with Crippen LogP contribution < -0.4 is 10.6 Å². The molecule has 5 rings (SSSR count). The Morgan fingerprint density at radius 1 is 1.10 bits per heavy atom. The molecule has 2 fully saturated rings. The van der Waals surface area contributed by atoms with Crippen LogP contribution in [-0.4, -0.2) is 28.9 Å². The first-order chi connectivity index (χ1) is 13.9. The highest BCUT2D eigenvalue weighted by Gasteiger charge is 2.52. The predicted octanol–water partition coefficient (Wildman–Crippen LogP) is 3.23. The fourth-order valence-electron chi connectivity index (χ4n) is 5.28. The Bertz CT molecular complexity index is 916. The number of carboxylic acid groups (broad SMARTS) is 1. The third kappa shape index (κ3) is 3.29. The summed E-state index contributed by atoms with van der Waals surface area (Å²) >= 11 is 1.50. The van der Waals surface area contributed by atoms with Gasteiger partial charge in [0.1, 0.15) is 5.00 Å². The number of rotatable bonds is 5. The van der Waals surface area contributed by atoms with Crippen LogP contribution >= 0.6 is 11.3 Å². The average molecular weight is 415 g/mol. The third-order valence-corrected chi connectivity index (χ3v) is 8.10. The molecule has 5 atom stereocenters. The molecule has 7 heteroatoms. The third-order valence-electron chi connectivity index (χ3n) is 6.94. The summed E-state index contributed by atoms with van der Waals surface area (Å²) in [6.45, 7) is 2.21. The van der Waals surface area contributed by atoms with E-state index in [0.29, 0.717) is 16.5 Å². The van der Waals surface area contributed by atoms with Gasteiger partial charge in [-0.05, 0) is 61.8 Å². The fraction of sp³-hybridized carbons (Fsp3) is 0.591. The Balaban J connectivity index is 1.44. The molecule has 2 amide bonds. The maximum Gasteiger partial charge on any atom is 0.307 e. The minimum atomic E-state index is -0.909. The minimum Gasteiger partial charge on any atom is -0.481 e. The number of carbonyl (C=O) groups excluding carboxylic acids is 2. The Morgan fingerprint density at radius 2 is 1.83 bits per heavy atom. The Hall–Kier alpha value is -2.15. The molecule has 6 nitrogen and oxygen atoms in total. The van der Waals surface area contributed by atoms with Gasteiger partial charge in [0.2, 0.25) is 5.91 Å². The molecule has 154 valence electrons. The summed E-state index contributed by atoms with van der Waals surface area (Å²) in [5.41, 5.74) is 1.69. The largest absolute Gasteiger partial charge is 0.481 e. The van der Waals surface area contributed by atoms with E-state index >= 15 is 0 Å². The van der Waals surface area contributed by atoms with Gasteiger partial charge >= 0.3 is 5.97 Å². The van der Waals surface area contributed by atoms with Crippen LogP contribution in [0.25, 0.3) is 0 Å². The monoisotopic (exact) mass is 414 g/mol. The lowest BCUT2D eigenvalue weighted by Crippen LogP contribution is -2.36. The van der Waals surface area contributed by atoms with Crippen molar-refractivity contribution in [1.82, 2.24) is 5.32 Å². The fourth-order valence-corrected chi connectivity index (χ4v) is 6.69. The number of carbonyl (C=O) groups is 3. The summed E-state index contributed by atoms with van der Waals surface area (Å²) in [5, 5.41) is 16.3. The number of nitrogens with one attached hydrogen (secondary N) is 2. The van der Waals surface area contributed by atoms with Gasteiger partial charge in [-0.25, -0.2) is 0 Å². The first-order valence-electron chi connectivity index (χ1n) is 10.6. The van der Waals surface area contributed by atoms with Crippen molar-refractivity contribution in [3.63, 3.8) is 0 Å². The van der Waals surface area contributed by atoms with Crippen molar-refractivity contribution < 1.29 is 19.5 Å². The Kier molecular flexibility index (Phi) is 4.53. The number of hydrogen-bond donors (Lipinski definition) is 3. The molecule has 1 aromatic heterocycles. The second kappa shape index (κ2) is 6.97. The number of fused-ring (bicyclic) bond motifs is 3. The summed E-state index contributed by atoms with van der Waals surface area (Å²) < 4.78 is 0. The zero-order valence-electron chi connectivity index (χ0n) is 16.4. The van der Waals surface area contributed by atoms with Crippen molar-refractivity contribution in [1.29, 1.82) is 0 Å². The van der Waals surface area contributed by atoms with E-state index in [2.05, 4.69) is 17.6 Å². The van der Waals surface area contributed by atoms with Crippen molar-refractivity contribution in [3.05, 3.63) is 28.2 Å². The second-order valence-electron chi connectivity index (χ2n) is 9.13. The van der Waals surface area contributed by atoms with E-state index in [1.807, 2.05) is 12.2 Å². The summed E-state index contributed by atoms with van der Waals surface area (Å²) in [6.07, 6.45) is 9.48. The first-order valence-corrected chi connectivity index (χ1v) is 11.4. The van der Waals surface area contributed by atoms with Crippen molar-refractivity contribution in [2.75, 3.05) is 5.32 Å². The number of hydrogen-bond acceptors (Lipinski definition) is 4. The molecule has 3 N–H and O–H groups in total. The number of aliphatic carboxylic acids is 1. The lowest BCUT2D eigenvalue weighted by molar-refractivity contribution is -0.146. The maximum absolute atomic E-state index is 13.2. The number of amides is 2. The zero-order valence-corrected chi connectivity index (χ0v) is 17.3. The molecular weight excluding hydrogens is 388 g/mol.